The van der Waals surface area contributed by atoms with Crippen LogP contribution >= 0.6 is 11.6 Å². The van der Waals surface area contributed by atoms with E-state index >= 15 is 0 Å². The summed E-state index contributed by atoms with van der Waals surface area (Å²) in [6, 6.07) is 16.4. The van der Waals surface area contributed by atoms with Crippen molar-refractivity contribution < 1.29 is 0 Å². The third kappa shape index (κ3) is 2.98. The van der Waals surface area contributed by atoms with Gasteiger partial charge in [-0.25, -0.2) is 0 Å². The van der Waals surface area contributed by atoms with Gasteiger partial charge in [-0.3, -0.25) is 0 Å². The molecule has 1 N–H and O–H groups in total. The summed E-state index contributed by atoms with van der Waals surface area (Å²) in [5.74, 6) is 1.34. The summed E-state index contributed by atoms with van der Waals surface area (Å²) in [6.07, 6.45) is 0. The summed E-state index contributed by atoms with van der Waals surface area (Å²) < 4.78 is 0. The van der Waals surface area contributed by atoms with Crippen molar-refractivity contribution in [2.45, 2.75) is 19.3 Å². The van der Waals surface area contributed by atoms with Gasteiger partial charge in [0, 0.05) is 23.2 Å². The normalized spacial score (nSPS) is 10.8. The molecule has 0 amide bonds. The maximum atomic E-state index is 5.87. The zero-order valence-electron chi connectivity index (χ0n) is 11.8. The SMILES string of the molecule is Cc1nnc(NCc2cccc(CCl)c2)c2ccccc12. The molecule has 0 spiro atoms. The number of fused-ring (bicyclic) bond motifs is 1. The lowest BCUT2D eigenvalue weighted by Crippen LogP contribution is -2.04. The first-order valence-electron chi connectivity index (χ1n) is 6.87. The molecule has 21 heavy (non-hydrogen) atoms. The number of alkyl halides is 1. The number of nitrogens with zero attached hydrogens (tertiary/aromatic N) is 2. The Labute approximate surface area is 129 Å². The average molecular weight is 298 g/mol. The summed E-state index contributed by atoms with van der Waals surface area (Å²) in [4.78, 5) is 0. The topological polar surface area (TPSA) is 37.8 Å². The molecule has 4 heteroatoms. The van der Waals surface area contributed by atoms with Crippen molar-refractivity contribution in [3.63, 3.8) is 0 Å². The number of aromatic nitrogens is 2. The molecule has 0 atom stereocenters. The lowest BCUT2D eigenvalue weighted by molar-refractivity contribution is 0.982. The van der Waals surface area contributed by atoms with Crippen molar-refractivity contribution in [2.24, 2.45) is 0 Å². The predicted molar refractivity (Wildman–Crippen MR) is 87.6 cm³/mol. The Kier molecular flexibility index (Phi) is 4.02. The quantitative estimate of drug-likeness (QED) is 0.730. The molecule has 1 aromatic heterocycles. The van der Waals surface area contributed by atoms with Gasteiger partial charge < -0.3 is 5.32 Å². The minimum atomic E-state index is 0.529. The van der Waals surface area contributed by atoms with Crippen LogP contribution in [0.5, 0.6) is 0 Å². The Morgan fingerprint density at radius 2 is 1.71 bits per heavy atom. The van der Waals surface area contributed by atoms with Crippen LogP contribution < -0.4 is 5.32 Å². The fraction of sp³-hybridized carbons (Fsp3) is 0.176. The highest BCUT2D eigenvalue weighted by molar-refractivity contribution is 6.17. The van der Waals surface area contributed by atoms with Crippen LogP contribution in [-0.2, 0) is 12.4 Å². The first-order valence-corrected chi connectivity index (χ1v) is 7.41. The van der Waals surface area contributed by atoms with Gasteiger partial charge in [-0.1, -0.05) is 48.5 Å². The summed E-state index contributed by atoms with van der Waals surface area (Å²) in [5.41, 5.74) is 3.25. The third-order valence-electron chi connectivity index (χ3n) is 3.48. The van der Waals surface area contributed by atoms with Gasteiger partial charge in [-0.2, -0.15) is 5.10 Å². The van der Waals surface area contributed by atoms with Crippen LogP contribution in [0.3, 0.4) is 0 Å². The molecule has 3 aromatic rings. The predicted octanol–water partition coefficient (Wildman–Crippen LogP) is 4.29. The van der Waals surface area contributed by atoms with E-state index in [9.17, 15) is 0 Å². The third-order valence-corrected chi connectivity index (χ3v) is 3.79. The van der Waals surface area contributed by atoms with Crippen molar-refractivity contribution in [3.8, 4) is 0 Å². The van der Waals surface area contributed by atoms with Gasteiger partial charge in [0.05, 0.1) is 5.69 Å². The van der Waals surface area contributed by atoms with E-state index in [1.165, 1.54) is 5.56 Å². The number of hydrogen-bond acceptors (Lipinski definition) is 3. The molecule has 0 saturated heterocycles. The minimum Gasteiger partial charge on any atom is -0.364 e. The summed E-state index contributed by atoms with van der Waals surface area (Å²) in [7, 11) is 0. The van der Waals surface area contributed by atoms with E-state index in [1.807, 2.05) is 31.2 Å². The van der Waals surface area contributed by atoms with Gasteiger partial charge >= 0.3 is 0 Å². The molecule has 3 rings (SSSR count). The van der Waals surface area contributed by atoms with Gasteiger partial charge in [0.15, 0.2) is 5.82 Å². The number of nitrogens with one attached hydrogen (secondary N) is 1. The molecule has 0 radical (unpaired) electrons. The average Bonchev–Trinajstić information content (AvgIpc) is 2.55. The minimum absolute atomic E-state index is 0.529. The van der Waals surface area contributed by atoms with Crippen molar-refractivity contribution in [3.05, 3.63) is 65.4 Å². The number of rotatable bonds is 4. The maximum absolute atomic E-state index is 5.87. The van der Waals surface area contributed by atoms with E-state index in [2.05, 4.69) is 39.8 Å². The molecule has 0 aliphatic heterocycles. The van der Waals surface area contributed by atoms with E-state index < -0.39 is 0 Å². The summed E-state index contributed by atoms with van der Waals surface area (Å²) in [5, 5.41) is 14.1. The Hall–Kier alpha value is -2.13. The molecule has 0 bridgehead atoms. The number of anilines is 1. The molecule has 0 aliphatic rings. The maximum Gasteiger partial charge on any atom is 0.156 e. The van der Waals surface area contributed by atoms with Gasteiger partial charge in [-0.15, -0.1) is 16.7 Å². The fourth-order valence-electron chi connectivity index (χ4n) is 2.38. The zero-order chi connectivity index (χ0) is 14.7. The second-order valence-corrected chi connectivity index (χ2v) is 5.25. The highest BCUT2D eigenvalue weighted by Crippen LogP contribution is 2.22. The van der Waals surface area contributed by atoms with Crippen LogP contribution in [0.15, 0.2) is 48.5 Å². The molecular weight excluding hydrogens is 282 g/mol. The molecule has 106 valence electrons. The Morgan fingerprint density at radius 3 is 2.52 bits per heavy atom. The van der Waals surface area contributed by atoms with Gasteiger partial charge in [0.1, 0.15) is 0 Å². The second-order valence-electron chi connectivity index (χ2n) is 4.99. The molecule has 0 fully saturated rings. The molecule has 0 aliphatic carbocycles. The van der Waals surface area contributed by atoms with Crippen molar-refractivity contribution in [1.29, 1.82) is 0 Å². The Balaban J connectivity index is 1.87. The monoisotopic (exact) mass is 297 g/mol. The largest absolute Gasteiger partial charge is 0.364 e. The molecule has 3 nitrogen and oxygen atoms in total. The van der Waals surface area contributed by atoms with Crippen LogP contribution in [0.1, 0.15) is 16.8 Å². The fourth-order valence-corrected chi connectivity index (χ4v) is 2.54. The highest BCUT2D eigenvalue weighted by Gasteiger charge is 2.05. The van der Waals surface area contributed by atoms with Crippen LogP contribution in [0, 0.1) is 6.92 Å². The number of hydrogen-bond donors (Lipinski definition) is 1. The lowest BCUT2D eigenvalue weighted by Gasteiger charge is -2.10. The van der Waals surface area contributed by atoms with Crippen molar-refractivity contribution in [1.82, 2.24) is 10.2 Å². The van der Waals surface area contributed by atoms with Crippen LogP contribution in [-0.4, -0.2) is 10.2 Å². The standard InChI is InChI=1S/C17H16ClN3/c1-12-15-7-2-3-8-16(15)17(21-20-12)19-11-14-6-4-5-13(9-14)10-18/h2-9H,10-11H2,1H3,(H,19,21). The Bertz CT molecular complexity index is 771. The second kappa shape index (κ2) is 6.10. The van der Waals surface area contributed by atoms with E-state index in [0.29, 0.717) is 12.4 Å². The number of halogens is 1. The van der Waals surface area contributed by atoms with E-state index in [0.717, 1.165) is 27.8 Å². The molecule has 1 heterocycles. The smallest absolute Gasteiger partial charge is 0.156 e. The number of benzene rings is 2. The van der Waals surface area contributed by atoms with Crippen LogP contribution in [0.4, 0.5) is 5.82 Å². The van der Waals surface area contributed by atoms with Gasteiger partial charge in [-0.05, 0) is 18.1 Å². The van der Waals surface area contributed by atoms with Crippen molar-refractivity contribution >= 4 is 28.2 Å². The lowest BCUT2D eigenvalue weighted by atomic mass is 10.1. The van der Waals surface area contributed by atoms with Crippen LogP contribution in [0.25, 0.3) is 10.8 Å². The van der Waals surface area contributed by atoms with Gasteiger partial charge in [0.2, 0.25) is 0 Å². The van der Waals surface area contributed by atoms with E-state index in [4.69, 9.17) is 11.6 Å². The molecular formula is C17H16ClN3. The summed E-state index contributed by atoms with van der Waals surface area (Å²) in [6.45, 7) is 2.68. The van der Waals surface area contributed by atoms with Crippen molar-refractivity contribution in [2.75, 3.05) is 5.32 Å². The zero-order valence-corrected chi connectivity index (χ0v) is 12.6. The van der Waals surface area contributed by atoms with E-state index in [1.54, 1.807) is 0 Å². The molecule has 0 saturated carbocycles. The molecule has 2 aromatic carbocycles. The summed E-state index contributed by atoms with van der Waals surface area (Å²) >= 11 is 5.87. The van der Waals surface area contributed by atoms with Gasteiger partial charge in [0.25, 0.3) is 0 Å². The first-order chi connectivity index (χ1) is 10.3. The number of aryl methyl sites for hydroxylation is 1. The van der Waals surface area contributed by atoms with E-state index in [-0.39, 0.29) is 0 Å². The molecule has 0 unspecified atom stereocenters. The Morgan fingerprint density at radius 1 is 0.952 bits per heavy atom. The van der Waals surface area contributed by atoms with Crippen LogP contribution in [0.2, 0.25) is 0 Å². The highest BCUT2D eigenvalue weighted by atomic mass is 35.5. The first kappa shape index (κ1) is 13.8.